The predicted octanol–water partition coefficient (Wildman–Crippen LogP) is -0.876. The molecule has 0 spiro atoms. The molecule has 16 heavy (non-hydrogen) atoms. The molecule has 1 rings (SSSR count). The van der Waals surface area contributed by atoms with Crippen LogP contribution in [0.15, 0.2) is 16.5 Å². The van der Waals surface area contributed by atoms with Crippen molar-refractivity contribution in [3.05, 3.63) is 28.0 Å². The Labute approximate surface area is 90.2 Å². The molecule has 1 atom stereocenters. The molecule has 88 valence electrons. The van der Waals surface area contributed by atoms with Crippen LogP contribution in [0.3, 0.4) is 0 Å². The molecule has 0 aromatic carbocycles. The van der Waals surface area contributed by atoms with Gasteiger partial charge < -0.3 is 20.6 Å². The fraction of sp³-hybridized carbons (Fsp3) is 0.375. The van der Waals surface area contributed by atoms with Gasteiger partial charge in [0, 0.05) is 6.54 Å². The van der Waals surface area contributed by atoms with E-state index in [1.165, 1.54) is 12.1 Å². The van der Waals surface area contributed by atoms with Crippen molar-refractivity contribution in [2.75, 3.05) is 6.54 Å². The Morgan fingerprint density at radius 3 is 2.88 bits per heavy atom. The SMILES string of the molecule is NC(=O)C(O)CNCc1ccc([N+](=O)[O-])o1. The lowest BCUT2D eigenvalue weighted by molar-refractivity contribution is -0.402. The van der Waals surface area contributed by atoms with Crippen LogP contribution in [0.4, 0.5) is 5.88 Å². The summed E-state index contributed by atoms with van der Waals surface area (Å²) in [6.07, 6.45) is -1.29. The van der Waals surface area contributed by atoms with Crippen molar-refractivity contribution in [1.82, 2.24) is 5.32 Å². The van der Waals surface area contributed by atoms with Gasteiger partial charge in [0.15, 0.2) is 0 Å². The van der Waals surface area contributed by atoms with Gasteiger partial charge in [0.2, 0.25) is 5.91 Å². The van der Waals surface area contributed by atoms with E-state index in [1.54, 1.807) is 0 Å². The Hall–Kier alpha value is -1.93. The van der Waals surface area contributed by atoms with Gasteiger partial charge in [-0.1, -0.05) is 0 Å². The van der Waals surface area contributed by atoms with E-state index in [9.17, 15) is 14.9 Å². The number of amides is 1. The van der Waals surface area contributed by atoms with Crippen LogP contribution in [0, 0.1) is 10.1 Å². The summed E-state index contributed by atoms with van der Waals surface area (Å²) in [6, 6.07) is 2.66. The molecule has 0 aliphatic carbocycles. The maximum atomic E-state index is 10.5. The molecule has 0 saturated carbocycles. The molecular weight excluding hydrogens is 218 g/mol. The number of hydrogen-bond donors (Lipinski definition) is 3. The molecule has 0 bridgehead atoms. The summed E-state index contributed by atoms with van der Waals surface area (Å²) in [5.74, 6) is -0.853. The summed E-state index contributed by atoms with van der Waals surface area (Å²) < 4.78 is 4.83. The number of carbonyl (C=O) groups excluding carboxylic acids is 1. The number of nitrogens with zero attached hydrogens (tertiary/aromatic N) is 1. The third-order valence-electron chi connectivity index (χ3n) is 1.79. The van der Waals surface area contributed by atoms with Crippen LogP contribution in [-0.2, 0) is 11.3 Å². The van der Waals surface area contributed by atoms with Gasteiger partial charge in [-0.05, 0) is 6.07 Å². The Morgan fingerprint density at radius 1 is 1.69 bits per heavy atom. The summed E-state index contributed by atoms with van der Waals surface area (Å²) in [5.41, 5.74) is 4.82. The topological polar surface area (TPSA) is 132 Å². The fourth-order valence-electron chi connectivity index (χ4n) is 0.992. The first kappa shape index (κ1) is 12.1. The van der Waals surface area contributed by atoms with Crippen molar-refractivity contribution in [3.63, 3.8) is 0 Å². The summed E-state index contributed by atoms with van der Waals surface area (Å²) in [4.78, 5) is 20.1. The molecule has 0 radical (unpaired) electrons. The first-order valence-corrected chi connectivity index (χ1v) is 4.42. The molecule has 8 nitrogen and oxygen atoms in total. The number of rotatable bonds is 6. The molecule has 1 amide bonds. The van der Waals surface area contributed by atoms with E-state index in [2.05, 4.69) is 5.32 Å². The quantitative estimate of drug-likeness (QED) is 0.429. The Kier molecular flexibility index (Phi) is 3.97. The molecule has 0 aliphatic heterocycles. The van der Waals surface area contributed by atoms with Gasteiger partial charge >= 0.3 is 5.88 Å². The summed E-state index contributed by atoms with van der Waals surface area (Å²) >= 11 is 0. The standard InChI is InChI=1S/C8H11N3O5/c9-8(13)6(12)4-10-3-5-1-2-7(16-5)11(14)15/h1-2,6,10,12H,3-4H2,(H2,9,13). The smallest absolute Gasteiger partial charge is 0.404 e. The first-order valence-electron chi connectivity index (χ1n) is 4.42. The zero-order valence-electron chi connectivity index (χ0n) is 8.25. The van der Waals surface area contributed by atoms with E-state index in [-0.39, 0.29) is 19.0 Å². The van der Waals surface area contributed by atoms with E-state index in [1.807, 2.05) is 0 Å². The van der Waals surface area contributed by atoms with Crippen molar-refractivity contribution in [2.24, 2.45) is 5.73 Å². The van der Waals surface area contributed by atoms with E-state index in [4.69, 9.17) is 15.3 Å². The molecule has 4 N–H and O–H groups in total. The predicted molar refractivity (Wildman–Crippen MR) is 52.3 cm³/mol. The van der Waals surface area contributed by atoms with Crippen LogP contribution in [0.25, 0.3) is 0 Å². The van der Waals surface area contributed by atoms with Crippen LogP contribution >= 0.6 is 0 Å². The van der Waals surface area contributed by atoms with Gasteiger partial charge in [-0.3, -0.25) is 14.9 Å². The molecule has 1 aromatic heterocycles. The number of nitrogens with one attached hydrogen (secondary N) is 1. The summed E-state index contributed by atoms with van der Waals surface area (Å²) in [7, 11) is 0. The Bertz CT molecular complexity index is 389. The maximum absolute atomic E-state index is 10.5. The molecule has 0 saturated heterocycles. The molecule has 8 heteroatoms. The minimum atomic E-state index is -1.29. The first-order chi connectivity index (χ1) is 7.50. The number of nitro groups is 1. The van der Waals surface area contributed by atoms with Crippen LogP contribution in [0.2, 0.25) is 0 Å². The van der Waals surface area contributed by atoms with Gasteiger partial charge in [0.1, 0.15) is 16.8 Å². The second-order valence-electron chi connectivity index (χ2n) is 3.05. The van der Waals surface area contributed by atoms with Gasteiger partial charge in [0.05, 0.1) is 12.6 Å². The maximum Gasteiger partial charge on any atom is 0.433 e. The van der Waals surface area contributed by atoms with Crippen LogP contribution in [-0.4, -0.2) is 28.6 Å². The van der Waals surface area contributed by atoms with E-state index in [0.29, 0.717) is 5.76 Å². The molecule has 0 aliphatic rings. The highest BCUT2D eigenvalue weighted by Crippen LogP contribution is 2.14. The second kappa shape index (κ2) is 5.24. The minimum absolute atomic E-state index is 0.0379. The van der Waals surface area contributed by atoms with Crippen molar-refractivity contribution >= 4 is 11.8 Å². The summed E-state index contributed by atoms with van der Waals surface area (Å²) in [5, 5.41) is 22.0. The van der Waals surface area contributed by atoms with Crippen molar-refractivity contribution in [3.8, 4) is 0 Å². The summed E-state index contributed by atoms with van der Waals surface area (Å²) in [6.45, 7) is 0.127. The third kappa shape index (κ3) is 3.33. The molecular formula is C8H11N3O5. The minimum Gasteiger partial charge on any atom is -0.404 e. The highest BCUT2D eigenvalue weighted by atomic mass is 16.6. The van der Waals surface area contributed by atoms with E-state index >= 15 is 0 Å². The van der Waals surface area contributed by atoms with Crippen molar-refractivity contribution < 1.29 is 19.2 Å². The zero-order chi connectivity index (χ0) is 12.1. The molecule has 0 fully saturated rings. The Morgan fingerprint density at radius 2 is 2.38 bits per heavy atom. The average Bonchev–Trinajstić information content (AvgIpc) is 2.66. The largest absolute Gasteiger partial charge is 0.433 e. The zero-order valence-corrected chi connectivity index (χ0v) is 8.25. The van der Waals surface area contributed by atoms with Gasteiger partial charge in [0.25, 0.3) is 0 Å². The number of hydrogen-bond acceptors (Lipinski definition) is 6. The van der Waals surface area contributed by atoms with Gasteiger partial charge in [-0.25, -0.2) is 0 Å². The average molecular weight is 229 g/mol. The molecule has 1 unspecified atom stereocenters. The van der Waals surface area contributed by atoms with Crippen molar-refractivity contribution in [1.29, 1.82) is 0 Å². The monoisotopic (exact) mass is 229 g/mol. The highest BCUT2D eigenvalue weighted by Gasteiger charge is 2.13. The fourth-order valence-corrected chi connectivity index (χ4v) is 0.992. The van der Waals surface area contributed by atoms with Gasteiger partial charge in [-0.15, -0.1) is 0 Å². The number of primary amides is 1. The number of carbonyl (C=O) groups is 1. The molecule has 1 aromatic rings. The van der Waals surface area contributed by atoms with E-state index < -0.39 is 16.9 Å². The number of furan rings is 1. The van der Waals surface area contributed by atoms with E-state index in [0.717, 1.165) is 0 Å². The molecule has 1 heterocycles. The van der Waals surface area contributed by atoms with Crippen LogP contribution in [0.1, 0.15) is 5.76 Å². The Balaban J connectivity index is 2.37. The number of nitrogens with two attached hydrogens (primary N) is 1. The highest BCUT2D eigenvalue weighted by molar-refractivity contribution is 5.78. The van der Waals surface area contributed by atoms with Gasteiger partial charge in [-0.2, -0.15) is 0 Å². The second-order valence-corrected chi connectivity index (χ2v) is 3.05. The lowest BCUT2D eigenvalue weighted by Crippen LogP contribution is -2.37. The lowest BCUT2D eigenvalue weighted by atomic mass is 10.3. The van der Waals surface area contributed by atoms with Crippen LogP contribution < -0.4 is 11.1 Å². The number of aliphatic hydroxyl groups excluding tert-OH is 1. The van der Waals surface area contributed by atoms with Crippen LogP contribution in [0.5, 0.6) is 0 Å². The lowest BCUT2D eigenvalue weighted by Gasteiger charge is -2.06. The third-order valence-corrected chi connectivity index (χ3v) is 1.79. The van der Waals surface area contributed by atoms with Crippen molar-refractivity contribution in [2.45, 2.75) is 12.6 Å². The normalized spacial score (nSPS) is 12.3. The number of aliphatic hydroxyl groups is 1.